The van der Waals surface area contributed by atoms with Crippen LogP contribution < -0.4 is 10.2 Å². The molecule has 0 radical (unpaired) electrons. The zero-order valence-corrected chi connectivity index (χ0v) is 15.0. The van der Waals surface area contributed by atoms with Crippen molar-refractivity contribution in [2.45, 2.75) is 12.8 Å². The Hall–Kier alpha value is -3.06. The molecule has 2 N–H and O–H groups in total. The number of anilines is 2. The smallest absolute Gasteiger partial charge is 0.342 e. The SMILES string of the molecule is O=C(COC(=O)c1ccc(Cl)cc1O)Nc1ccc(N2CCCC2=O)cc1. The summed E-state index contributed by atoms with van der Waals surface area (Å²) in [6, 6.07) is 10.8. The lowest BCUT2D eigenvalue weighted by Gasteiger charge is -2.16. The van der Waals surface area contributed by atoms with Crippen LogP contribution in [-0.2, 0) is 14.3 Å². The van der Waals surface area contributed by atoms with Crippen molar-refractivity contribution in [3.63, 3.8) is 0 Å². The molecule has 140 valence electrons. The number of amides is 2. The van der Waals surface area contributed by atoms with Crippen LogP contribution in [0.3, 0.4) is 0 Å². The van der Waals surface area contributed by atoms with Crippen molar-refractivity contribution in [3.05, 3.63) is 53.1 Å². The second kappa shape index (κ2) is 8.09. The van der Waals surface area contributed by atoms with E-state index < -0.39 is 18.5 Å². The lowest BCUT2D eigenvalue weighted by molar-refractivity contribution is -0.119. The molecule has 1 aliphatic rings. The highest BCUT2D eigenvalue weighted by Crippen LogP contribution is 2.24. The van der Waals surface area contributed by atoms with Crippen molar-refractivity contribution in [3.8, 4) is 5.75 Å². The first-order valence-electron chi connectivity index (χ1n) is 8.30. The van der Waals surface area contributed by atoms with Crippen LogP contribution in [0.5, 0.6) is 5.75 Å². The summed E-state index contributed by atoms with van der Waals surface area (Å²) in [6.45, 7) is 0.186. The Balaban J connectivity index is 1.53. The number of benzene rings is 2. The first kappa shape index (κ1) is 18.7. The molecular formula is C19H17ClN2O5. The number of carbonyl (C=O) groups excluding carboxylic acids is 3. The second-order valence-corrected chi connectivity index (χ2v) is 6.42. The van der Waals surface area contributed by atoms with Crippen LogP contribution in [0.15, 0.2) is 42.5 Å². The Bertz CT molecular complexity index is 882. The molecule has 0 atom stereocenters. The van der Waals surface area contributed by atoms with Gasteiger partial charge < -0.3 is 20.1 Å². The maximum absolute atomic E-state index is 11.9. The van der Waals surface area contributed by atoms with Crippen LogP contribution in [0.25, 0.3) is 0 Å². The number of nitrogens with zero attached hydrogens (tertiary/aromatic N) is 1. The molecule has 27 heavy (non-hydrogen) atoms. The quantitative estimate of drug-likeness (QED) is 0.768. The molecule has 0 unspecified atom stereocenters. The highest BCUT2D eigenvalue weighted by molar-refractivity contribution is 6.30. The molecule has 0 spiro atoms. The van der Waals surface area contributed by atoms with Crippen LogP contribution in [0.2, 0.25) is 5.02 Å². The highest BCUT2D eigenvalue weighted by Gasteiger charge is 2.21. The monoisotopic (exact) mass is 388 g/mol. The lowest BCUT2D eigenvalue weighted by atomic mass is 10.2. The summed E-state index contributed by atoms with van der Waals surface area (Å²) < 4.78 is 4.89. The number of nitrogens with one attached hydrogen (secondary N) is 1. The highest BCUT2D eigenvalue weighted by atomic mass is 35.5. The van der Waals surface area contributed by atoms with Crippen molar-refractivity contribution >= 4 is 40.8 Å². The number of carbonyl (C=O) groups is 3. The molecule has 2 aromatic carbocycles. The molecule has 7 nitrogen and oxygen atoms in total. The van der Waals surface area contributed by atoms with E-state index in [0.717, 1.165) is 12.1 Å². The van der Waals surface area contributed by atoms with Gasteiger partial charge in [-0.15, -0.1) is 0 Å². The van der Waals surface area contributed by atoms with Gasteiger partial charge in [-0.25, -0.2) is 4.79 Å². The van der Waals surface area contributed by atoms with Gasteiger partial charge in [0, 0.05) is 29.4 Å². The van der Waals surface area contributed by atoms with E-state index >= 15 is 0 Å². The van der Waals surface area contributed by atoms with Gasteiger partial charge in [-0.05, 0) is 48.9 Å². The molecule has 8 heteroatoms. The normalized spacial score (nSPS) is 13.5. The summed E-state index contributed by atoms with van der Waals surface area (Å²) in [6.07, 6.45) is 1.39. The number of rotatable bonds is 5. The molecule has 1 saturated heterocycles. The van der Waals surface area contributed by atoms with Crippen LogP contribution >= 0.6 is 11.6 Å². The lowest BCUT2D eigenvalue weighted by Crippen LogP contribution is -2.23. The first-order chi connectivity index (χ1) is 12.9. The molecule has 0 aliphatic carbocycles. The third-order valence-corrected chi connectivity index (χ3v) is 4.29. The summed E-state index contributed by atoms with van der Waals surface area (Å²) in [5.74, 6) is -1.59. The average molecular weight is 389 g/mol. The molecule has 0 saturated carbocycles. The molecule has 0 bridgehead atoms. The largest absolute Gasteiger partial charge is 0.507 e. The molecule has 2 aromatic rings. The number of phenolic OH excluding ortho intramolecular Hbond substituents is 1. The van der Waals surface area contributed by atoms with E-state index in [9.17, 15) is 19.5 Å². The fourth-order valence-corrected chi connectivity index (χ4v) is 2.90. The summed E-state index contributed by atoms with van der Waals surface area (Å²) in [5.41, 5.74) is 1.22. The van der Waals surface area contributed by atoms with Gasteiger partial charge in [-0.2, -0.15) is 0 Å². The Morgan fingerprint density at radius 1 is 1.19 bits per heavy atom. The number of phenols is 1. The number of hydrogen-bond donors (Lipinski definition) is 2. The zero-order chi connectivity index (χ0) is 19.4. The summed E-state index contributed by atoms with van der Waals surface area (Å²) in [4.78, 5) is 37.3. The van der Waals surface area contributed by atoms with Gasteiger partial charge in [-0.1, -0.05) is 11.6 Å². The predicted octanol–water partition coefficient (Wildman–Crippen LogP) is 2.97. The van der Waals surface area contributed by atoms with Gasteiger partial charge in [0.15, 0.2) is 6.61 Å². The number of hydrogen-bond acceptors (Lipinski definition) is 5. The Morgan fingerprint density at radius 3 is 2.56 bits per heavy atom. The maximum Gasteiger partial charge on any atom is 0.342 e. The fourth-order valence-electron chi connectivity index (χ4n) is 2.73. The van der Waals surface area contributed by atoms with Crippen molar-refractivity contribution < 1.29 is 24.2 Å². The van der Waals surface area contributed by atoms with Crippen molar-refractivity contribution in [2.75, 3.05) is 23.4 Å². The van der Waals surface area contributed by atoms with Crippen LogP contribution in [0.4, 0.5) is 11.4 Å². The minimum atomic E-state index is -0.831. The topological polar surface area (TPSA) is 95.9 Å². The Labute approximate surface area is 160 Å². The molecule has 0 aromatic heterocycles. The number of halogens is 1. The fraction of sp³-hybridized carbons (Fsp3) is 0.211. The van der Waals surface area contributed by atoms with E-state index in [1.807, 2.05) is 0 Å². The maximum atomic E-state index is 11.9. The van der Waals surface area contributed by atoms with E-state index in [4.69, 9.17) is 16.3 Å². The average Bonchev–Trinajstić information content (AvgIpc) is 3.06. The van der Waals surface area contributed by atoms with Crippen molar-refractivity contribution in [1.29, 1.82) is 0 Å². The Morgan fingerprint density at radius 2 is 1.93 bits per heavy atom. The zero-order valence-electron chi connectivity index (χ0n) is 14.3. The standard InChI is InChI=1S/C19H17ClN2O5/c20-12-3-8-15(16(23)10-12)19(26)27-11-17(24)21-13-4-6-14(7-5-13)22-9-1-2-18(22)25/h3-8,10,23H,1-2,9,11H2,(H,21,24). The third-order valence-electron chi connectivity index (χ3n) is 4.05. The summed E-state index contributed by atoms with van der Waals surface area (Å²) in [5, 5.41) is 12.6. The molecular weight excluding hydrogens is 372 g/mol. The van der Waals surface area contributed by atoms with Crippen LogP contribution in [0.1, 0.15) is 23.2 Å². The van der Waals surface area contributed by atoms with E-state index in [2.05, 4.69) is 5.32 Å². The molecule has 1 aliphatic heterocycles. The van der Waals surface area contributed by atoms with Crippen molar-refractivity contribution in [2.24, 2.45) is 0 Å². The van der Waals surface area contributed by atoms with Gasteiger partial charge in [-0.3, -0.25) is 9.59 Å². The molecule has 1 heterocycles. The molecule has 3 rings (SSSR count). The number of ether oxygens (including phenoxy) is 1. The van der Waals surface area contributed by atoms with E-state index in [1.54, 1.807) is 29.2 Å². The minimum Gasteiger partial charge on any atom is -0.507 e. The first-order valence-corrected chi connectivity index (χ1v) is 8.68. The van der Waals surface area contributed by atoms with E-state index in [-0.39, 0.29) is 22.2 Å². The minimum absolute atomic E-state index is 0.0770. The molecule has 2 amide bonds. The Kier molecular flexibility index (Phi) is 5.61. The molecule has 1 fully saturated rings. The van der Waals surface area contributed by atoms with E-state index in [1.165, 1.54) is 18.2 Å². The van der Waals surface area contributed by atoms with Crippen LogP contribution in [0, 0.1) is 0 Å². The van der Waals surface area contributed by atoms with Gasteiger partial charge in [0.25, 0.3) is 5.91 Å². The third kappa shape index (κ3) is 4.57. The number of aromatic hydroxyl groups is 1. The second-order valence-electron chi connectivity index (χ2n) is 5.98. The summed E-state index contributed by atoms with van der Waals surface area (Å²) in [7, 11) is 0. The summed E-state index contributed by atoms with van der Waals surface area (Å²) >= 11 is 5.70. The van der Waals surface area contributed by atoms with Gasteiger partial charge in [0.2, 0.25) is 5.91 Å². The van der Waals surface area contributed by atoms with Gasteiger partial charge in [0.1, 0.15) is 11.3 Å². The number of esters is 1. The van der Waals surface area contributed by atoms with Crippen LogP contribution in [-0.4, -0.2) is 36.0 Å². The van der Waals surface area contributed by atoms with Gasteiger partial charge in [0.05, 0.1) is 0 Å². The van der Waals surface area contributed by atoms with Gasteiger partial charge >= 0.3 is 5.97 Å². The predicted molar refractivity (Wildman–Crippen MR) is 100 cm³/mol. The van der Waals surface area contributed by atoms with Crippen molar-refractivity contribution in [1.82, 2.24) is 0 Å². The van der Waals surface area contributed by atoms with E-state index in [0.29, 0.717) is 18.7 Å².